The first-order valence-corrected chi connectivity index (χ1v) is 6.89. The van der Waals surface area contributed by atoms with Crippen LogP contribution in [0.1, 0.15) is 38.5 Å². The molecule has 0 aromatic heterocycles. The molecule has 2 atom stereocenters. The zero-order valence-corrected chi connectivity index (χ0v) is 11.0. The van der Waals surface area contributed by atoms with Crippen molar-refractivity contribution in [3.05, 3.63) is 12.2 Å². The fraction of sp³-hybridized carbons (Fsp3) is 0.714. The van der Waals surface area contributed by atoms with Crippen LogP contribution < -0.4 is 5.32 Å². The van der Waals surface area contributed by atoms with Gasteiger partial charge in [-0.15, -0.1) is 0 Å². The Morgan fingerprint density at radius 2 is 1.74 bits per heavy atom. The largest absolute Gasteiger partial charge is 0.481 e. The van der Waals surface area contributed by atoms with Crippen LogP contribution in [0.2, 0.25) is 0 Å². The molecule has 0 spiro atoms. The molecule has 0 bridgehead atoms. The Labute approximate surface area is 112 Å². The molecule has 0 aromatic rings. The number of aliphatic carboxylic acids is 1. The Morgan fingerprint density at radius 3 is 2.26 bits per heavy atom. The molecule has 2 unspecified atom stereocenters. The van der Waals surface area contributed by atoms with Crippen LogP contribution in [0.5, 0.6) is 0 Å². The summed E-state index contributed by atoms with van der Waals surface area (Å²) in [4.78, 5) is 23.5. The summed E-state index contributed by atoms with van der Waals surface area (Å²) in [5, 5.41) is 21.6. The molecule has 0 aliphatic heterocycles. The first-order chi connectivity index (χ1) is 9.08. The number of aliphatic hydroxyl groups excluding tert-OH is 1. The van der Waals surface area contributed by atoms with Crippen LogP contribution in [0, 0.1) is 11.8 Å². The van der Waals surface area contributed by atoms with Crippen LogP contribution in [0.15, 0.2) is 12.2 Å². The lowest BCUT2D eigenvalue weighted by Gasteiger charge is -2.32. The molecular weight excluding hydrogens is 246 g/mol. The van der Waals surface area contributed by atoms with Crippen LogP contribution in [0.25, 0.3) is 0 Å². The number of hydrogen-bond acceptors (Lipinski definition) is 3. The second kappa shape index (κ2) is 5.74. The standard InChI is InChI=1S/C14H21NO4/c16-9-14(7-3-4-8-14)15-12(17)10-5-1-2-6-11(10)13(18)19/h1-2,10-11,16H,3-9H2,(H,15,17)(H,18,19). The van der Waals surface area contributed by atoms with E-state index in [1.807, 2.05) is 12.2 Å². The van der Waals surface area contributed by atoms with Gasteiger partial charge in [0, 0.05) is 0 Å². The van der Waals surface area contributed by atoms with Gasteiger partial charge in [0.15, 0.2) is 0 Å². The molecular formula is C14H21NO4. The number of aliphatic hydroxyl groups is 1. The van der Waals surface area contributed by atoms with Gasteiger partial charge in [0.1, 0.15) is 0 Å². The number of carbonyl (C=O) groups excluding carboxylic acids is 1. The predicted molar refractivity (Wildman–Crippen MR) is 69.4 cm³/mol. The molecule has 3 N–H and O–H groups in total. The van der Waals surface area contributed by atoms with Crippen molar-refractivity contribution < 1.29 is 19.8 Å². The third-order valence-corrected chi connectivity index (χ3v) is 4.34. The minimum absolute atomic E-state index is 0.0704. The number of nitrogens with one attached hydrogen (secondary N) is 1. The molecule has 5 nitrogen and oxygen atoms in total. The monoisotopic (exact) mass is 267 g/mol. The number of allylic oxidation sites excluding steroid dienone is 2. The predicted octanol–water partition coefficient (Wildman–Crippen LogP) is 1.07. The van der Waals surface area contributed by atoms with Crippen LogP contribution in [-0.2, 0) is 9.59 Å². The first kappa shape index (κ1) is 14.1. The van der Waals surface area contributed by atoms with Gasteiger partial charge in [-0.3, -0.25) is 9.59 Å². The summed E-state index contributed by atoms with van der Waals surface area (Å²) in [6.07, 6.45) is 8.08. The van der Waals surface area contributed by atoms with Gasteiger partial charge in [0.2, 0.25) is 5.91 Å². The lowest BCUT2D eigenvalue weighted by atomic mass is 9.81. The molecule has 0 radical (unpaired) electrons. The van der Waals surface area contributed by atoms with Gasteiger partial charge in [0.05, 0.1) is 24.0 Å². The summed E-state index contributed by atoms with van der Waals surface area (Å²) in [5.74, 6) is -2.32. The summed E-state index contributed by atoms with van der Waals surface area (Å²) in [6, 6.07) is 0. The summed E-state index contributed by atoms with van der Waals surface area (Å²) >= 11 is 0. The maximum Gasteiger partial charge on any atom is 0.307 e. The lowest BCUT2D eigenvalue weighted by molar-refractivity contribution is -0.148. The highest BCUT2D eigenvalue weighted by Crippen LogP contribution is 2.32. The second-order valence-electron chi connectivity index (χ2n) is 5.63. The van der Waals surface area contributed by atoms with Gasteiger partial charge >= 0.3 is 5.97 Å². The summed E-state index contributed by atoms with van der Waals surface area (Å²) in [5.41, 5.74) is -0.526. The molecule has 1 fully saturated rings. The SMILES string of the molecule is O=C(O)C1CC=CCC1C(=O)NC1(CO)CCCC1. The number of carbonyl (C=O) groups is 2. The highest BCUT2D eigenvalue weighted by atomic mass is 16.4. The average Bonchev–Trinajstić information content (AvgIpc) is 2.87. The topological polar surface area (TPSA) is 86.6 Å². The van der Waals surface area contributed by atoms with Gasteiger partial charge in [0.25, 0.3) is 0 Å². The average molecular weight is 267 g/mol. The number of hydrogen-bond donors (Lipinski definition) is 3. The third-order valence-electron chi connectivity index (χ3n) is 4.34. The molecule has 19 heavy (non-hydrogen) atoms. The van der Waals surface area contributed by atoms with Gasteiger partial charge < -0.3 is 15.5 Å². The Balaban J connectivity index is 2.05. The normalized spacial score (nSPS) is 29.1. The molecule has 2 aliphatic carbocycles. The molecule has 1 amide bonds. The first-order valence-electron chi connectivity index (χ1n) is 6.89. The van der Waals surface area contributed by atoms with E-state index in [-0.39, 0.29) is 12.5 Å². The van der Waals surface area contributed by atoms with Crippen LogP contribution in [0.4, 0.5) is 0 Å². The minimum Gasteiger partial charge on any atom is -0.481 e. The lowest BCUT2D eigenvalue weighted by Crippen LogP contribution is -2.52. The molecule has 0 heterocycles. The molecule has 0 aromatic carbocycles. The van der Waals surface area contributed by atoms with Gasteiger partial charge in [-0.1, -0.05) is 25.0 Å². The third kappa shape index (κ3) is 2.97. The second-order valence-corrected chi connectivity index (χ2v) is 5.63. The maximum atomic E-state index is 12.3. The van der Waals surface area contributed by atoms with E-state index in [1.54, 1.807) is 0 Å². The van der Waals surface area contributed by atoms with Crippen LogP contribution in [-0.4, -0.2) is 34.2 Å². The molecule has 5 heteroatoms. The van der Waals surface area contributed by atoms with Gasteiger partial charge in [-0.2, -0.15) is 0 Å². The Kier molecular flexibility index (Phi) is 4.24. The summed E-state index contributed by atoms with van der Waals surface area (Å²) < 4.78 is 0. The number of rotatable bonds is 4. The maximum absolute atomic E-state index is 12.3. The van der Waals surface area contributed by atoms with E-state index in [0.717, 1.165) is 25.7 Å². The summed E-state index contributed by atoms with van der Waals surface area (Å²) in [6.45, 7) is -0.0704. The molecule has 1 saturated carbocycles. The molecule has 106 valence electrons. The van der Waals surface area contributed by atoms with E-state index in [9.17, 15) is 19.8 Å². The van der Waals surface area contributed by atoms with Crippen molar-refractivity contribution in [2.75, 3.05) is 6.61 Å². The minimum atomic E-state index is -0.922. The van der Waals surface area contributed by atoms with Crippen molar-refractivity contribution in [2.24, 2.45) is 11.8 Å². The fourth-order valence-corrected chi connectivity index (χ4v) is 3.11. The number of carboxylic acid groups (broad SMARTS) is 1. The molecule has 0 saturated heterocycles. The van der Waals surface area contributed by atoms with Crippen LogP contribution >= 0.6 is 0 Å². The van der Waals surface area contributed by atoms with Gasteiger partial charge in [-0.25, -0.2) is 0 Å². The van der Waals surface area contributed by atoms with Crippen molar-refractivity contribution in [3.63, 3.8) is 0 Å². The quantitative estimate of drug-likeness (QED) is 0.665. The van der Waals surface area contributed by atoms with Crippen molar-refractivity contribution in [2.45, 2.75) is 44.1 Å². The Hall–Kier alpha value is -1.36. The van der Waals surface area contributed by atoms with E-state index < -0.39 is 23.3 Å². The van der Waals surface area contributed by atoms with Crippen molar-refractivity contribution in [3.8, 4) is 0 Å². The van der Waals surface area contributed by atoms with E-state index in [4.69, 9.17) is 0 Å². The zero-order valence-electron chi connectivity index (χ0n) is 11.0. The number of amides is 1. The highest BCUT2D eigenvalue weighted by molar-refractivity contribution is 5.85. The smallest absolute Gasteiger partial charge is 0.307 e. The van der Waals surface area contributed by atoms with Gasteiger partial charge in [-0.05, 0) is 25.7 Å². The highest BCUT2D eigenvalue weighted by Gasteiger charge is 2.40. The number of carboxylic acids is 1. The Morgan fingerprint density at radius 1 is 1.16 bits per heavy atom. The van der Waals surface area contributed by atoms with Crippen molar-refractivity contribution in [1.29, 1.82) is 0 Å². The van der Waals surface area contributed by atoms with E-state index in [1.165, 1.54) is 0 Å². The zero-order chi connectivity index (χ0) is 13.9. The molecule has 2 aliphatic rings. The van der Waals surface area contributed by atoms with E-state index in [0.29, 0.717) is 12.8 Å². The molecule has 2 rings (SSSR count). The van der Waals surface area contributed by atoms with Crippen LogP contribution in [0.3, 0.4) is 0 Å². The summed E-state index contributed by atoms with van der Waals surface area (Å²) in [7, 11) is 0. The van der Waals surface area contributed by atoms with Crippen molar-refractivity contribution >= 4 is 11.9 Å². The van der Waals surface area contributed by atoms with E-state index >= 15 is 0 Å². The fourth-order valence-electron chi connectivity index (χ4n) is 3.11. The van der Waals surface area contributed by atoms with Crippen molar-refractivity contribution in [1.82, 2.24) is 5.32 Å². The Bertz CT molecular complexity index is 385. The van der Waals surface area contributed by atoms with E-state index in [2.05, 4.69) is 5.32 Å².